The van der Waals surface area contributed by atoms with Gasteiger partial charge in [-0.3, -0.25) is 0 Å². The Morgan fingerprint density at radius 2 is 1.88 bits per heavy atom. The minimum atomic E-state index is 0.000185. The number of hydrogen-bond acceptors (Lipinski definition) is 3. The summed E-state index contributed by atoms with van der Waals surface area (Å²) in [6, 6.07) is 7.29. The van der Waals surface area contributed by atoms with E-state index in [1.807, 2.05) is 12.1 Å². The molecule has 0 aliphatic carbocycles. The Morgan fingerprint density at radius 1 is 1.18 bits per heavy atom. The second-order valence-electron chi connectivity index (χ2n) is 4.92. The molecule has 1 aromatic carbocycles. The van der Waals surface area contributed by atoms with Gasteiger partial charge in [0.25, 0.3) is 0 Å². The van der Waals surface area contributed by atoms with Gasteiger partial charge in [-0.05, 0) is 43.6 Å². The number of nitrogens with two attached hydrogens (primary N) is 1. The first kappa shape index (κ1) is 12.4. The Balaban J connectivity index is 1.93. The Labute approximate surface area is 103 Å². The summed E-state index contributed by atoms with van der Waals surface area (Å²) >= 11 is 0. The molecule has 0 aromatic heterocycles. The lowest BCUT2D eigenvalue weighted by molar-refractivity contribution is 0.267. The highest BCUT2D eigenvalue weighted by Gasteiger charge is 2.14. The van der Waals surface area contributed by atoms with Crippen molar-refractivity contribution in [1.82, 2.24) is 4.90 Å². The van der Waals surface area contributed by atoms with Gasteiger partial charge < -0.3 is 15.7 Å². The van der Waals surface area contributed by atoms with Crippen molar-refractivity contribution in [3.63, 3.8) is 0 Å². The lowest BCUT2D eigenvalue weighted by atomic mass is 10.1. The van der Waals surface area contributed by atoms with Gasteiger partial charge in [0.15, 0.2) is 0 Å². The molecular formula is C14H22N2O. The quantitative estimate of drug-likeness (QED) is 0.843. The molecule has 0 amide bonds. The summed E-state index contributed by atoms with van der Waals surface area (Å²) in [5, 5.41) is 9.44. The molecule has 17 heavy (non-hydrogen) atoms. The van der Waals surface area contributed by atoms with Crippen molar-refractivity contribution in [1.29, 1.82) is 0 Å². The van der Waals surface area contributed by atoms with Crippen LogP contribution in [-0.4, -0.2) is 29.6 Å². The van der Waals surface area contributed by atoms with Crippen LogP contribution < -0.4 is 5.73 Å². The van der Waals surface area contributed by atoms with E-state index < -0.39 is 0 Å². The van der Waals surface area contributed by atoms with Crippen LogP contribution in [0.1, 0.15) is 37.3 Å². The van der Waals surface area contributed by atoms with Crippen LogP contribution in [-0.2, 0) is 0 Å². The number of phenolic OH excluding ortho intramolecular Hbond substituents is 1. The number of aromatic hydroxyl groups is 1. The van der Waals surface area contributed by atoms with E-state index in [-0.39, 0.29) is 6.04 Å². The Kier molecular flexibility index (Phi) is 4.40. The van der Waals surface area contributed by atoms with Crippen molar-refractivity contribution in [2.45, 2.75) is 31.7 Å². The predicted octanol–water partition coefficient (Wildman–Crippen LogP) is 2.27. The summed E-state index contributed by atoms with van der Waals surface area (Å²) in [7, 11) is 0. The SMILES string of the molecule is NC(CN1CCCCCC1)c1cccc(O)c1. The maximum absolute atomic E-state index is 9.44. The monoisotopic (exact) mass is 234 g/mol. The highest BCUT2D eigenvalue weighted by atomic mass is 16.3. The van der Waals surface area contributed by atoms with E-state index in [2.05, 4.69) is 4.90 Å². The average Bonchev–Trinajstić information content (AvgIpc) is 2.57. The van der Waals surface area contributed by atoms with E-state index in [0.717, 1.165) is 25.2 Å². The molecule has 0 saturated carbocycles. The van der Waals surface area contributed by atoms with Gasteiger partial charge in [0.05, 0.1) is 0 Å². The maximum Gasteiger partial charge on any atom is 0.115 e. The number of phenols is 1. The van der Waals surface area contributed by atoms with Crippen LogP contribution in [0.5, 0.6) is 5.75 Å². The molecule has 0 radical (unpaired) electrons. The minimum Gasteiger partial charge on any atom is -0.508 e. The first-order valence-corrected chi connectivity index (χ1v) is 6.52. The number of hydrogen-bond donors (Lipinski definition) is 2. The molecule has 3 heteroatoms. The highest BCUT2D eigenvalue weighted by molar-refractivity contribution is 5.29. The smallest absolute Gasteiger partial charge is 0.115 e. The lowest BCUT2D eigenvalue weighted by Crippen LogP contribution is -2.32. The normalized spacial score (nSPS) is 19.8. The van der Waals surface area contributed by atoms with E-state index >= 15 is 0 Å². The Hall–Kier alpha value is -1.06. The van der Waals surface area contributed by atoms with Gasteiger partial charge in [0, 0.05) is 12.6 Å². The topological polar surface area (TPSA) is 49.5 Å². The van der Waals surface area contributed by atoms with Crippen LogP contribution in [0.2, 0.25) is 0 Å². The summed E-state index contributed by atoms with van der Waals surface area (Å²) in [4.78, 5) is 2.45. The summed E-state index contributed by atoms with van der Waals surface area (Å²) < 4.78 is 0. The molecule has 1 fully saturated rings. The summed E-state index contributed by atoms with van der Waals surface area (Å²) in [5.41, 5.74) is 7.22. The molecule has 1 atom stereocenters. The summed E-state index contributed by atoms with van der Waals surface area (Å²) in [6.45, 7) is 3.21. The van der Waals surface area contributed by atoms with E-state index in [1.165, 1.54) is 25.7 Å². The van der Waals surface area contributed by atoms with Gasteiger partial charge in [-0.2, -0.15) is 0 Å². The number of benzene rings is 1. The summed E-state index contributed by atoms with van der Waals surface area (Å²) in [5.74, 6) is 0.300. The highest BCUT2D eigenvalue weighted by Crippen LogP contribution is 2.19. The van der Waals surface area contributed by atoms with Crippen LogP contribution in [0.25, 0.3) is 0 Å². The zero-order valence-electron chi connectivity index (χ0n) is 10.3. The average molecular weight is 234 g/mol. The van der Waals surface area contributed by atoms with Gasteiger partial charge >= 0.3 is 0 Å². The second kappa shape index (κ2) is 6.03. The molecule has 3 nitrogen and oxygen atoms in total. The van der Waals surface area contributed by atoms with Gasteiger partial charge in [0.2, 0.25) is 0 Å². The first-order valence-electron chi connectivity index (χ1n) is 6.52. The third kappa shape index (κ3) is 3.72. The molecule has 1 heterocycles. The van der Waals surface area contributed by atoms with Crippen molar-refractivity contribution >= 4 is 0 Å². The lowest BCUT2D eigenvalue weighted by Gasteiger charge is -2.24. The van der Waals surface area contributed by atoms with Crippen molar-refractivity contribution in [3.8, 4) is 5.75 Å². The van der Waals surface area contributed by atoms with Crippen molar-refractivity contribution in [2.24, 2.45) is 5.73 Å². The van der Waals surface area contributed by atoms with Crippen molar-refractivity contribution in [3.05, 3.63) is 29.8 Å². The first-order chi connectivity index (χ1) is 8.25. The fourth-order valence-corrected chi connectivity index (χ4v) is 2.46. The Morgan fingerprint density at radius 3 is 2.53 bits per heavy atom. The van der Waals surface area contributed by atoms with Crippen LogP contribution in [0.3, 0.4) is 0 Å². The van der Waals surface area contributed by atoms with E-state index in [1.54, 1.807) is 12.1 Å². The van der Waals surface area contributed by atoms with Gasteiger partial charge in [-0.15, -0.1) is 0 Å². The van der Waals surface area contributed by atoms with Crippen molar-refractivity contribution in [2.75, 3.05) is 19.6 Å². The molecule has 2 rings (SSSR count). The van der Waals surface area contributed by atoms with E-state index in [9.17, 15) is 5.11 Å². The standard InChI is InChI=1S/C14H22N2O/c15-14(12-6-5-7-13(17)10-12)11-16-8-3-1-2-4-9-16/h5-7,10,14,17H,1-4,8-9,11,15H2. The maximum atomic E-state index is 9.44. The van der Waals surface area contributed by atoms with Gasteiger partial charge in [-0.1, -0.05) is 25.0 Å². The van der Waals surface area contributed by atoms with Crippen LogP contribution in [0.15, 0.2) is 24.3 Å². The molecule has 1 aliphatic rings. The molecule has 1 unspecified atom stereocenters. The van der Waals surface area contributed by atoms with E-state index in [0.29, 0.717) is 5.75 Å². The van der Waals surface area contributed by atoms with Gasteiger partial charge in [-0.25, -0.2) is 0 Å². The van der Waals surface area contributed by atoms with Crippen LogP contribution in [0.4, 0.5) is 0 Å². The van der Waals surface area contributed by atoms with Crippen LogP contribution >= 0.6 is 0 Å². The zero-order valence-corrected chi connectivity index (χ0v) is 10.3. The minimum absolute atomic E-state index is 0.000185. The fourth-order valence-electron chi connectivity index (χ4n) is 2.46. The third-order valence-electron chi connectivity index (χ3n) is 3.45. The molecule has 3 N–H and O–H groups in total. The second-order valence-corrected chi connectivity index (χ2v) is 4.92. The largest absolute Gasteiger partial charge is 0.508 e. The molecular weight excluding hydrogens is 212 g/mol. The zero-order chi connectivity index (χ0) is 12.1. The number of rotatable bonds is 3. The predicted molar refractivity (Wildman–Crippen MR) is 69.9 cm³/mol. The van der Waals surface area contributed by atoms with E-state index in [4.69, 9.17) is 5.73 Å². The van der Waals surface area contributed by atoms with Crippen LogP contribution in [0, 0.1) is 0 Å². The molecule has 1 aromatic rings. The molecule has 1 aliphatic heterocycles. The summed E-state index contributed by atoms with van der Waals surface area (Å²) in [6.07, 6.45) is 5.26. The van der Waals surface area contributed by atoms with Crippen molar-refractivity contribution < 1.29 is 5.11 Å². The third-order valence-corrected chi connectivity index (χ3v) is 3.45. The molecule has 94 valence electrons. The molecule has 0 bridgehead atoms. The fraction of sp³-hybridized carbons (Fsp3) is 0.571. The molecule has 1 saturated heterocycles. The Bertz CT molecular complexity index is 346. The number of likely N-dealkylation sites (tertiary alicyclic amines) is 1. The number of nitrogens with zero attached hydrogens (tertiary/aromatic N) is 1. The van der Waals surface area contributed by atoms with Gasteiger partial charge in [0.1, 0.15) is 5.75 Å². The molecule has 0 spiro atoms.